The molecule has 0 bridgehead atoms. The van der Waals surface area contributed by atoms with Gasteiger partial charge in [-0.3, -0.25) is 0 Å². The van der Waals surface area contributed by atoms with E-state index in [0.717, 1.165) is 0 Å². The van der Waals surface area contributed by atoms with Crippen LogP contribution >= 0.6 is 11.6 Å². The third-order valence-corrected chi connectivity index (χ3v) is 4.19. The molecule has 1 aromatic heterocycles. The molecule has 0 aliphatic carbocycles. The number of anilines is 4. The summed E-state index contributed by atoms with van der Waals surface area (Å²) in [6.07, 6.45) is 1.56. The average Bonchev–Trinajstić information content (AvgIpc) is 2.65. The standard InChI is InChI=1S/C17H20ClFN6O2/c1-24(2)15-14(10-20-16(23-15)25-5-7-27-8-6-25)22-17(26)21-11-3-4-13(19)12(18)9-11/h3-4,9-10H,5-8H2,1-2H3,(H2,21,22,26). The molecule has 27 heavy (non-hydrogen) atoms. The monoisotopic (exact) mass is 394 g/mol. The normalized spacial score (nSPS) is 14.0. The van der Waals surface area contributed by atoms with Crippen LogP contribution in [0, 0.1) is 5.82 Å². The number of nitrogens with one attached hydrogen (secondary N) is 2. The van der Waals surface area contributed by atoms with Crippen LogP contribution in [-0.2, 0) is 4.74 Å². The Hall–Kier alpha value is -2.65. The van der Waals surface area contributed by atoms with Crippen molar-refractivity contribution in [3.63, 3.8) is 0 Å². The number of urea groups is 1. The number of morpholine rings is 1. The Labute approximate surface area is 161 Å². The number of carbonyl (C=O) groups excluding carboxylic acids is 1. The molecule has 1 aliphatic rings. The van der Waals surface area contributed by atoms with Crippen molar-refractivity contribution in [2.45, 2.75) is 0 Å². The Balaban J connectivity index is 1.74. The molecule has 0 radical (unpaired) electrons. The van der Waals surface area contributed by atoms with Crippen LogP contribution in [0.2, 0.25) is 5.02 Å². The van der Waals surface area contributed by atoms with E-state index in [9.17, 15) is 9.18 Å². The Morgan fingerprint density at radius 3 is 2.70 bits per heavy atom. The number of nitrogens with zero attached hydrogens (tertiary/aromatic N) is 4. The van der Waals surface area contributed by atoms with Gasteiger partial charge in [-0.15, -0.1) is 0 Å². The molecule has 1 aromatic carbocycles. The Kier molecular flexibility index (Phi) is 5.92. The van der Waals surface area contributed by atoms with E-state index in [0.29, 0.717) is 49.4 Å². The highest BCUT2D eigenvalue weighted by atomic mass is 35.5. The van der Waals surface area contributed by atoms with Crippen molar-refractivity contribution >= 4 is 40.8 Å². The molecule has 2 aromatic rings. The summed E-state index contributed by atoms with van der Waals surface area (Å²) in [6.45, 7) is 2.68. The predicted molar refractivity (Wildman–Crippen MR) is 103 cm³/mol. The highest BCUT2D eigenvalue weighted by Crippen LogP contribution is 2.25. The lowest BCUT2D eigenvalue weighted by atomic mass is 10.3. The molecular weight excluding hydrogens is 375 g/mol. The molecule has 2 N–H and O–H groups in total. The Bertz CT molecular complexity index is 829. The summed E-state index contributed by atoms with van der Waals surface area (Å²) in [4.78, 5) is 25.0. The smallest absolute Gasteiger partial charge is 0.323 e. The molecule has 8 nitrogen and oxygen atoms in total. The minimum atomic E-state index is -0.551. The van der Waals surface area contributed by atoms with E-state index in [1.807, 2.05) is 19.0 Å². The van der Waals surface area contributed by atoms with E-state index in [1.54, 1.807) is 11.1 Å². The van der Waals surface area contributed by atoms with Crippen LogP contribution in [0.3, 0.4) is 0 Å². The first-order chi connectivity index (χ1) is 12.9. The molecule has 1 fully saturated rings. The van der Waals surface area contributed by atoms with Crippen LogP contribution in [-0.4, -0.2) is 56.4 Å². The quantitative estimate of drug-likeness (QED) is 0.829. The van der Waals surface area contributed by atoms with Gasteiger partial charge in [0.15, 0.2) is 5.82 Å². The van der Waals surface area contributed by atoms with Gasteiger partial charge >= 0.3 is 6.03 Å². The zero-order valence-corrected chi connectivity index (χ0v) is 15.8. The number of hydrogen-bond donors (Lipinski definition) is 2. The van der Waals surface area contributed by atoms with Gasteiger partial charge in [0.2, 0.25) is 5.95 Å². The lowest BCUT2D eigenvalue weighted by Gasteiger charge is -2.28. The summed E-state index contributed by atoms with van der Waals surface area (Å²) >= 11 is 5.73. The van der Waals surface area contributed by atoms with Gasteiger partial charge in [-0.25, -0.2) is 14.2 Å². The van der Waals surface area contributed by atoms with Gasteiger partial charge in [0.1, 0.15) is 11.5 Å². The second-order valence-electron chi connectivity index (χ2n) is 6.11. The molecule has 2 amide bonds. The molecule has 3 rings (SSSR count). The number of halogens is 2. The maximum Gasteiger partial charge on any atom is 0.323 e. The van der Waals surface area contributed by atoms with E-state index >= 15 is 0 Å². The van der Waals surface area contributed by atoms with E-state index in [2.05, 4.69) is 20.6 Å². The molecule has 144 valence electrons. The first-order valence-electron chi connectivity index (χ1n) is 8.34. The zero-order chi connectivity index (χ0) is 19.4. The Morgan fingerprint density at radius 1 is 1.30 bits per heavy atom. The highest BCUT2D eigenvalue weighted by Gasteiger charge is 2.18. The fraction of sp³-hybridized carbons (Fsp3) is 0.353. The van der Waals surface area contributed by atoms with Crippen molar-refractivity contribution in [1.29, 1.82) is 0 Å². The molecule has 2 heterocycles. The molecular formula is C17H20ClFN6O2. The van der Waals surface area contributed by atoms with E-state index in [-0.39, 0.29) is 5.02 Å². The fourth-order valence-corrected chi connectivity index (χ4v) is 2.75. The van der Waals surface area contributed by atoms with Crippen molar-refractivity contribution in [3.05, 3.63) is 35.2 Å². The summed E-state index contributed by atoms with van der Waals surface area (Å²) in [7, 11) is 3.66. The molecule has 0 saturated carbocycles. The van der Waals surface area contributed by atoms with Crippen LogP contribution in [0.4, 0.5) is 32.3 Å². The molecule has 1 saturated heterocycles. The molecule has 1 aliphatic heterocycles. The van der Waals surface area contributed by atoms with E-state index in [4.69, 9.17) is 16.3 Å². The predicted octanol–water partition coefficient (Wildman–Crippen LogP) is 2.82. The number of aromatic nitrogens is 2. The first kappa shape index (κ1) is 19.1. The summed E-state index contributed by atoms with van der Waals surface area (Å²) in [5.41, 5.74) is 0.818. The maximum absolute atomic E-state index is 13.2. The number of carbonyl (C=O) groups is 1. The number of hydrogen-bond acceptors (Lipinski definition) is 6. The van der Waals surface area contributed by atoms with Crippen LogP contribution < -0.4 is 20.4 Å². The second kappa shape index (κ2) is 8.36. The number of rotatable bonds is 4. The van der Waals surface area contributed by atoms with Gasteiger partial charge in [0.05, 0.1) is 24.4 Å². The fourth-order valence-electron chi connectivity index (χ4n) is 2.57. The van der Waals surface area contributed by atoms with Gasteiger partial charge in [-0.05, 0) is 18.2 Å². The summed E-state index contributed by atoms with van der Waals surface area (Å²) in [5.74, 6) is 0.599. The molecule has 10 heteroatoms. The van der Waals surface area contributed by atoms with Crippen LogP contribution in [0.15, 0.2) is 24.4 Å². The molecule has 0 spiro atoms. The van der Waals surface area contributed by atoms with Gasteiger partial charge in [0.25, 0.3) is 0 Å². The average molecular weight is 395 g/mol. The van der Waals surface area contributed by atoms with Crippen molar-refractivity contribution in [1.82, 2.24) is 9.97 Å². The zero-order valence-electron chi connectivity index (χ0n) is 15.0. The van der Waals surface area contributed by atoms with Gasteiger partial charge < -0.3 is 25.2 Å². The van der Waals surface area contributed by atoms with Gasteiger partial charge in [0, 0.05) is 32.9 Å². The van der Waals surface area contributed by atoms with Crippen molar-refractivity contribution in [3.8, 4) is 0 Å². The summed E-state index contributed by atoms with van der Waals surface area (Å²) in [5, 5.41) is 5.24. The third-order valence-electron chi connectivity index (χ3n) is 3.90. The topological polar surface area (TPSA) is 82.6 Å². The maximum atomic E-state index is 13.2. The number of amides is 2. The van der Waals surface area contributed by atoms with Crippen LogP contribution in [0.5, 0.6) is 0 Å². The highest BCUT2D eigenvalue weighted by molar-refractivity contribution is 6.31. The van der Waals surface area contributed by atoms with Crippen molar-refractivity contribution in [2.75, 3.05) is 60.8 Å². The number of benzene rings is 1. The van der Waals surface area contributed by atoms with Gasteiger partial charge in [-0.2, -0.15) is 4.98 Å². The lowest BCUT2D eigenvalue weighted by molar-refractivity contribution is 0.122. The lowest BCUT2D eigenvalue weighted by Crippen LogP contribution is -2.37. The summed E-state index contributed by atoms with van der Waals surface area (Å²) < 4.78 is 18.6. The largest absolute Gasteiger partial charge is 0.378 e. The van der Waals surface area contributed by atoms with E-state index < -0.39 is 11.8 Å². The van der Waals surface area contributed by atoms with Crippen LogP contribution in [0.1, 0.15) is 0 Å². The molecule has 0 atom stereocenters. The Morgan fingerprint density at radius 2 is 2.04 bits per heavy atom. The first-order valence-corrected chi connectivity index (χ1v) is 8.72. The minimum Gasteiger partial charge on any atom is -0.378 e. The minimum absolute atomic E-state index is 0.0695. The number of ether oxygens (including phenoxy) is 1. The SMILES string of the molecule is CN(C)c1nc(N2CCOCC2)ncc1NC(=O)Nc1ccc(F)c(Cl)c1. The van der Waals surface area contributed by atoms with Gasteiger partial charge in [-0.1, -0.05) is 11.6 Å². The van der Waals surface area contributed by atoms with Crippen molar-refractivity contribution < 1.29 is 13.9 Å². The molecule has 0 unspecified atom stereocenters. The second-order valence-corrected chi connectivity index (χ2v) is 6.52. The van der Waals surface area contributed by atoms with E-state index in [1.165, 1.54) is 18.2 Å². The van der Waals surface area contributed by atoms with Crippen LogP contribution in [0.25, 0.3) is 0 Å². The van der Waals surface area contributed by atoms with Crippen molar-refractivity contribution in [2.24, 2.45) is 0 Å². The summed E-state index contributed by atoms with van der Waals surface area (Å²) in [6, 6.07) is 3.43. The third kappa shape index (κ3) is 4.75.